The van der Waals surface area contributed by atoms with Gasteiger partial charge in [0, 0.05) is 18.2 Å². The highest BCUT2D eigenvalue weighted by Gasteiger charge is 2.15. The van der Waals surface area contributed by atoms with Gasteiger partial charge in [-0.1, -0.05) is 25.7 Å². The summed E-state index contributed by atoms with van der Waals surface area (Å²) in [4.78, 5) is 11.8. The summed E-state index contributed by atoms with van der Waals surface area (Å²) in [6, 6.07) is 3.91. The van der Waals surface area contributed by atoms with Crippen molar-refractivity contribution in [2.24, 2.45) is 5.92 Å². The zero-order chi connectivity index (χ0) is 13.0. The SMILES string of the molecule is O=C(NCCC1CCCC1)c1cc(O)cc(O)c1. The number of aromatic hydroxyl groups is 2. The first kappa shape index (κ1) is 12.7. The fraction of sp³-hybridized carbons (Fsp3) is 0.500. The Balaban J connectivity index is 1.83. The number of rotatable bonds is 4. The molecule has 4 heteroatoms. The van der Waals surface area contributed by atoms with Crippen LogP contribution in [0.1, 0.15) is 42.5 Å². The molecule has 0 spiro atoms. The van der Waals surface area contributed by atoms with Gasteiger partial charge < -0.3 is 15.5 Å². The third-order valence-corrected chi connectivity index (χ3v) is 3.48. The fourth-order valence-electron chi connectivity index (χ4n) is 2.52. The largest absolute Gasteiger partial charge is 0.508 e. The van der Waals surface area contributed by atoms with Crippen molar-refractivity contribution in [3.05, 3.63) is 23.8 Å². The van der Waals surface area contributed by atoms with E-state index in [2.05, 4.69) is 5.32 Å². The molecule has 0 atom stereocenters. The zero-order valence-corrected chi connectivity index (χ0v) is 10.4. The van der Waals surface area contributed by atoms with E-state index in [4.69, 9.17) is 0 Å². The van der Waals surface area contributed by atoms with Crippen LogP contribution < -0.4 is 5.32 Å². The minimum atomic E-state index is -0.251. The Morgan fingerprint density at radius 1 is 1.17 bits per heavy atom. The molecule has 2 rings (SSSR count). The molecule has 1 aromatic carbocycles. The minimum Gasteiger partial charge on any atom is -0.508 e. The summed E-state index contributed by atoms with van der Waals surface area (Å²) in [7, 11) is 0. The van der Waals surface area contributed by atoms with Gasteiger partial charge in [0.2, 0.25) is 0 Å². The molecule has 0 unspecified atom stereocenters. The summed E-state index contributed by atoms with van der Waals surface area (Å²) in [6.07, 6.45) is 6.15. The number of amides is 1. The van der Waals surface area contributed by atoms with Gasteiger partial charge in [0.15, 0.2) is 0 Å². The molecule has 18 heavy (non-hydrogen) atoms. The molecule has 0 heterocycles. The molecule has 1 fully saturated rings. The lowest BCUT2D eigenvalue weighted by molar-refractivity contribution is 0.0950. The molecule has 0 saturated heterocycles. The molecule has 1 aromatic rings. The molecule has 0 aliphatic heterocycles. The first-order chi connectivity index (χ1) is 8.65. The first-order valence-electron chi connectivity index (χ1n) is 6.46. The van der Waals surface area contributed by atoms with Crippen LogP contribution in [0.25, 0.3) is 0 Å². The van der Waals surface area contributed by atoms with Crippen molar-refractivity contribution in [1.82, 2.24) is 5.32 Å². The van der Waals surface area contributed by atoms with Crippen molar-refractivity contribution >= 4 is 5.91 Å². The third kappa shape index (κ3) is 3.39. The van der Waals surface area contributed by atoms with E-state index in [9.17, 15) is 15.0 Å². The monoisotopic (exact) mass is 249 g/mol. The molecule has 3 N–H and O–H groups in total. The quantitative estimate of drug-likeness (QED) is 0.767. The van der Waals surface area contributed by atoms with Crippen molar-refractivity contribution in [3.8, 4) is 11.5 Å². The van der Waals surface area contributed by atoms with E-state index in [0.717, 1.165) is 12.3 Å². The Morgan fingerprint density at radius 3 is 2.39 bits per heavy atom. The molecule has 1 aliphatic rings. The second-order valence-corrected chi connectivity index (χ2v) is 4.93. The molecule has 4 nitrogen and oxygen atoms in total. The number of hydrogen-bond acceptors (Lipinski definition) is 3. The highest BCUT2D eigenvalue weighted by atomic mass is 16.3. The van der Waals surface area contributed by atoms with Gasteiger partial charge in [0.1, 0.15) is 11.5 Å². The van der Waals surface area contributed by atoms with Crippen LogP contribution in [0.3, 0.4) is 0 Å². The van der Waals surface area contributed by atoms with Gasteiger partial charge in [-0.2, -0.15) is 0 Å². The molecular weight excluding hydrogens is 230 g/mol. The number of hydrogen-bond donors (Lipinski definition) is 3. The summed E-state index contributed by atoms with van der Waals surface area (Å²) in [5.41, 5.74) is 0.291. The molecule has 0 radical (unpaired) electrons. The molecular formula is C14H19NO3. The van der Waals surface area contributed by atoms with Crippen LogP contribution in [0, 0.1) is 5.92 Å². The predicted octanol–water partition coefficient (Wildman–Crippen LogP) is 2.41. The number of carbonyl (C=O) groups is 1. The van der Waals surface area contributed by atoms with E-state index in [1.54, 1.807) is 0 Å². The van der Waals surface area contributed by atoms with Crippen molar-refractivity contribution in [3.63, 3.8) is 0 Å². The maximum Gasteiger partial charge on any atom is 0.251 e. The minimum absolute atomic E-state index is 0.101. The van der Waals surface area contributed by atoms with Crippen LogP contribution in [0.5, 0.6) is 11.5 Å². The Hall–Kier alpha value is -1.71. The number of nitrogens with one attached hydrogen (secondary N) is 1. The normalized spacial score (nSPS) is 15.8. The van der Waals surface area contributed by atoms with Gasteiger partial charge >= 0.3 is 0 Å². The first-order valence-corrected chi connectivity index (χ1v) is 6.46. The van der Waals surface area contributed by atoms with Crippen molar-refractivity contribution < 1.29 is 15.0 Å². The van der Waals surface area contributed by atoms with Crippen LogP contribution in [0.15, 0.2) is 18.2 Å². The van der Waals surface area contributed by atoms with E-state index in [1.807, 2.05) is 0 Å². The average molecular weight is 249 g/mol. The van der Waals surface area contributed by atoms with Gasteiger partial charge in [-0.25, -0.2) is 0 Å². The second kappa shape index (κ2) is 5.76. The molecule has 0 bridgehead atoms. The van der Waals surface area contributed by atoms with Crippen molar-refractivity contribution in [1.29, 1.82) is 0 Å². The summed E-state index contributed by atoms with van der Waals surface area (Å²) in [6.45, 7) is 0.653. The maximum absolute atomic E-state index is 11.8. The van der Waals surface area contributed by atoms with Crippen molar-refractivity contribution in [2.75, 3.05) is 6.54 Å². The lowest BCUT2D eigenvalue weighted by Crippen LogP contribution is -2.25. The van der Waals surface area contributed by atoms with Gasteiger partial charge in [-0.05, 0) is 24.5 Å². The van der Waals surface area contributed by atoms with Crippen molar-refractivity contribution in [2.45, 2.75) is 32.1 Å². The maximum atomic E-state index is 11.8. The van der Waals surface area contributed by atoms with E-state index >= 15 is 0 Å². The van der Waals surface area contributed by atoms with Crippen LogP contribution in [0.2, 0.25) is 0 Å². The lowest BCUT2D eigenvalue weighted by Gasteiger charge is -2.10. The lowest BCUT2D eigenvalue weighted by atomic mass is 10.0. The van der Waals surface area contributed by atoms with Crippen LogP contribution in [0.4, 0.5) is 0 Å². The van der Waals surface area contributed by atoms with E-state index in [1.165, 1.54) is 43.9 Å². The Labute approximate surface area is 107 Å². The standard InChI is InChI=1S/C14H19NO3/c16-12-7-11(8-13(17)9-12)14(18)15-6-5-10-3-1-2-4-10/h7-10,16-17H,1-6H2,(H,15,18). The summed E-state index contributed by atoms with van der Waals surface area (Å²) in [5.74, 6) is 0.286. The van der Waals surface area contributed by atoms with E-state index in [0.29, 0.717) is 12.1 Å². The second-order valence-electron chi connectivity index (χ2n) is 4.93. The van der Waals surface area contributed by atoms with E-state index < -0.39 is 0 Å². The summed E-state index contributed by atoms with van der Waals surface area (Å²) in [5, 5.41) is 21.4. The topological polar surface area (TPSA) is 69.6 Å². The number of benzene rings is 1. The zero-order valence-electron chi connectivity index (χ0n) is 10.4. The summed E-state index contributed by atoms with van der Waals surface area (Å²) < 4.78 is 0. The number of carbonyl (C=O) groups excluding carboxylic acids is 1. The van der Waals surface area contributed by atoms with Crippen LogP contribution in [-0.4, -0.2) is 22.7 Å². The number of phenolic OH excluding ortho intramolecular Hbond substituents is 2. The van der Waals surface area contributed by atoms with Gasteiger partial charge in [-0.3, -0.25) is 4.79 Å². The molecule has 1 aliphatic carbocycles. The Bertz CT molecular complexity index is 405. The van der Waals surface area contributed by atoms with Crippen LogP contribution in [-0.2, 0) is 0 Å². The van der Waals surface area contributed by atoms with Crippen LogP contribution >= 0.6 is 0 Å². The number of phenols is 2. The highest BCUT2D eigenvalue weighted by molar-refractivity contribution is 5.95. The third-order valence-electron chi connectivity index (χ3n) is 3.48. The smallest absolute Gasteiger partial charge is 0.251 e. The average Bonchev–Trinajstić information content (AvgIpc) is 2.80. The van der Waals surface area contributed by atoms with Gasteiger partial charge in [0.05, 0.1) is 0 Å². The van der Waals surface area contributed by atoms with Gasteiger partial charge in [-0.15, -0.1) is 0 Å². The fourth-order valence-corrected chi connectivity index (χ4v) is 2.52. The summed E-state index contributed by atoms with van der Waals surface area (Å²) >= 11 is 0. The Morgan fingerprint density at radius 2 is 1.78 bits per heavy atom. The Kier molecular flexibility index (Phi) is 4.07. The molecule has 1 amide bonds. The molecule has 98 valence electrons. The van der Waals surface area contributed by atoms with E-state index in [-0.39, 0.29) is 17.4 Å². The van der Waals surface area contributed by atoms with Gasteiger partial charge in [0.25, 0.3) is 5.91 Å². The molecule has 0 aromatic heterocycles. The predicted molar refractivity (Wildman–Crippen MR) is 68.7 cm³/mol. The highest BCUT2D eigenvalue weighted by Crippen LogP contribution is 2.27. The molecule has 1 saturated carbocycles.